The van der Waals surface area contributed by atoms with Gasteiger partial charge in [-0.25, -0.2) is 0 Å². The Morgan fingerprint density at radius 1 is 1.13 bits per heavy atom. The average Bonchev–Trinajstić information content (AvgIpc) is 2.00. The van der Waals surface area contributed by atoms with Crippen LogP contribution in [0, 0.1) is 5.41 Å². The van der Waals surface area contributed by atoms with E-state index in [-0.39, 0.29) is 0 Å². The molecule has 15 heavy (non-hydrogen) atoms. The number of benzene rings is 1. The third-order valence-corrected chi connectivity index (χ3v) is 4.02. The fourth-order valence-electron chi connectivity index (χ4n) is 1.83. The summed E-state index contributed by atoms with van der Waals surface area (Å²) in [5.74, 6) is 0. The molecule has 0 fully saturated rings. The quantitative estimate of drug-likeness (QED) is 0.765. The minimum Gasteiger partial charge on any atom is -0.324 e. The van der Waals surface area contributed by atoms with E-state index in [1.165, 1.54) is 0 Å². The first kappa shape index (κ1) is 12.4. The van der Waals surface area contributed by atoms with Gasteiger partial charge in [-0.1, -0.05) is 51.1 Å². The molecule has 0 aliphatic heterocycles. The maximum Gasteiger partial charge on any atom is 0.333 e. The maximum atomic E-state index is 11.5. The summed E-state index contributed by atoms with van der Waals surface area (Å²) in [7, 11) is -4.12. The van der Waals surface area contributed by atoms with Gasteiger partial charge in [0.1, 0.15) is 0 Å². The highest BCUT2D eigenvalue weighted by Gasteiger charge is 2.39. The molecular formula is C11H17O3P. The van der Waals surface area contributed by atoms with Crippen molar-refractivity contribution in [1.82, 2.24) is 0 Å². The van der Waals surface area contributed by atoms with Crippen LogP contribution in [0.25, 0.3) is 0 Å². The van der Waals surface area contributed by atoms with Gasteiger partial charge in [0, 0.05) is 0 Å². The van der Waals surface area contributed by atoms with Crippen molar-refractivity contribution < 1.29 is 14.4 Å². The minimum absolute atomic E-state index is 0.458. The van der Waals surface area contributed by atoms with Crippen LogP contribution >= 0.6 is 7.60 Å². The molecular weight excluding hydrogens is 211 g/mol. The highest BCUT2D eigenvalue weighted by atomic mass is 31.2. The van der Waals surface area contributed by atoms with Crippen molar-refractivity contribution in [1.29, 1.82) is 0 Å². The molecule has 1 atom stereocenters. The highest BCUT2D eigenvalue weighted by molar-refractivity contribution is 7.52. The second-order valence-electron chi connectivity index (χ2n) is 4.77. The first-order valence-electron chi connectivity index (χ1n) is 4.83. The van der Waals surface area contributed by atoms with Gasteiger partial charge in [-0.05, 0) is 11.0 Å². The SMILES string of the molecule is CC(C)(C)C(c1ccccc1)P(=O)(O)O. The lowest BCUT2D eigenvalue weighted by Crippen LogP contribution is -2.18. The Kier molecular flexibility index (Phi) is 3.39. The fourth-order valence-corrected chi connectivity index (χ4v) is 3.40. The summed E-state index contributed by atoms with van der Waals surface area (Å²) in [4.78, 5) is 18.8. The molecule has 1 aromatic rings. The lowest BCUT2D eigenvalue weighted by atomic mass is 9.87. The maximum absolute atomic E-state index is 11.5. The Bertz CT molecular complexity index is 361. The van der Waals surface area contributed by atoms with Gasteiger partial charge >= 0.3 is 7.60 Å². The monoisotopic (exact) mass is 228 g/mol. The standard InChI is InChI=1S/C11H17O3P/c1-11(2,3)10(15(12,13)14)9-7-5-4-6-8-9/h4-8,10H,1-3H3,(H2,12,13,14). The van der Waals surface area contributed by atoms with Crippen LogP contribution in [0.5, 0.6) is 0 Å². The Labute approximate surface area is 90.3 Å². The first-order valence-corrected chi connectivity index (χ1v) is 6.51. The molecule has 0 aliphatic carbocycles. The third-order valence-electron chi connectivity index (χ3n) is 2.27. The molecule has 0 saturated carbocycles. The number of hydrogen-bond acceptors (Lipinski definition) is 1. The molecule has 0 aliphatic rings. The van der Waals surface area contributed by atoms with Crippen molar-refractivity contribution in [2.24, 2.45) is 5.41 Å². The van der Waals surface area contributed by atoms with Crippen molar-refractivity contribution in [2.75, 3.05) is 0 Å². The fraction of sp³-hybridized carbons (Fsp3) is 0.455. The zero-order valence-corrected chi connectivity index (χ0v) is 10.1. The number of rotatable bonds is 2. The normalized spacial score (nSPS) is 15.0. The van der Waals surface area contributed by atoms with Crippen LogP contribution < -0.4 is 0 Å². The van der Waals surface area contributed by atoms with E-state index in [0.29, 0.717) is 5.56 Å². The van der Waals surface area contributed by atoms with Gasteiger partial charge in [0.05, 0.1) is 5.66 Å². The van der Waals surface area contributed by atoms with Crippen molar-refractivity contribution >= 4 is 7.60 Å². The van der Waals surface area contributed by atoms with E-state index in [0.717, 1.165) is 0 Å². The lowest BCUT2D eigenvalue weighted by Gasteiger charge is -2.31. The molecule has 1 aromatic carbocycles. The highest BCUT2D eigenvalue weighted by Crippen LogP contribution is 2.59. The van der Waals surface area contributed by atoms with Gasteiger partial charge in [-0.3, -0.25) is 4.57 Å². The molecule has 3 nitrogen and oxygen atoms in total. The van der Waals surface area contributed by atoms with E-state index in [2.05, 4.69) is 0 Å². The smallest absolute Gasteiger partial charge is 0.324 e. The summed E-state index contributed by atoms with van der Waals surface area (Å²) >= 11 is 0. The second kappa shape index (κ2) is 4.09. The molecule has 0 heterocycles. The van der Waals surface area contributed by atoms with Crippen molar-refractivity contribution in [3.8, 4) is 0 Å². The molecule has 84 valence electrons. The van der Waals surface area contributed by atoms with Gasteiger partial charge in [-0.2, -0.15) is 0 Å². The molecule has 0 spiro atoms. The molecule has 1 rings (SSSR count). The molecule has 0 saturated heterocycles. The predicted octanol–water partition coefficient (Wildman–Crippen LogP) is 2.95. The second-order valence-corrected chi connectivity index (χ2v) is 6.46. The van der Waals surface area contributed by atoms with E-state index in [1.807, 2.05) is 26.8 Å². The summed E-state index contributed by atoms with van der Waals surface area (Å²) in [5, 5.41) is 0. The van der Waals surface area contributed by atoms with Crippen molar-refractivity contribution in [3.05, 3.63) is 35.9 Å². The van der Waals surface area contributed by atoms with Gasteiger partial charge in [0.25, 0.3) is 0 Å². The van der Waals surface area contributed by atoms with E-state index in [9.17, 15) is 14.4 Å². The minimum atomic E-state index is -4.12. The third kappa shape index (κ3) is 3.16. The van der Waals surface area contributed by atoms with Crippen LogP contribution in [0.4, 0.5) is 0 Å². The molecule has 0 bridgehead atoms. The summed E-state index contributed by atoms with van der Waals surface area (Å²) < 4.78 is 11.5. The van der Waals surface area contributed by atoms with E-state index in [1.54, 1.807) is 24.3 Å². The largest absolute Gasteiger partial charge is 0.333 e. The van der Waals surface area contributed by atoms with Gasteiger partial charge in [0.15, 0.2) is 0 Å². The number of hydrogen-bond donors (Lipinski definition) is 2. The Balaban J connectivity index is 3.21. The van der Waals surface area contributed by atoms with E-state index < -0.39 is 18.7 Å². The molecule has 0 aromatic heterocycles. The average molecular weight is 228 g/mol. The van der Waals surface area contributed by atoms with Crippen molar-refractivity contribution in [2.45, 2.75) is 26.4 Å². The first-order chi connectivity index (χ1) is 6.73. The molecule has 0 radical (unpaired) electrons. The molecule has 2 N–H and O–H groups in total. The van der Waals surface area contributed by atoms with Crippen LogP contribution in [-0.2, 0) is 4.57 Å². The van der Waals surface area contributed by atoms with Crippen LogP contribution in [-0.4, -0.2) is 9.79 Å². The topological polar surface area (TPSA) is 57.5 Å². The Morgan fingerprint density at radius 2 is 1.60 bits per heavy atom. The zero-order chi connectivity index (χ0) is 11.7. The van der Waals surface area contributed by atoms with Crippen LogP contribution in [0.15, 0.2) is 30.3 Å². The van der Waals surface area contributed by atoms with Gasteiger partial charge < -0.3 is 9.79 Å². The van der Waals surface area contributed by atoms with E-state index >= 15 is 0 Å². The molecule has 0 amide bonds. The van der Waals surface area contributed by atoms with Crippen molar-refractivity contribution in [3.63, 3.8) is 0 Å². The van der Waals surface area contributed by atoms with Crippen LogP contribution in [0.1, 0.15) is 32.0 Å². The predicted molar refractivity (Wildman–Crippen MR) is 60.7 cm³/mol. The zero-order valence-electron chi connectivity index (χ0n) is 9.21. The molecule has 1 unspecified atom stereocenters. The van der Waals surface area contributed by atoms with E-state index in [4.69, 9.17) is 0 Å². The molecule has 4 heteroatoms. The summed E-state index contributed by atoms with van der Waals surface area (Å²) in [6.45, 7) is 5.51. The van der Waals surface area contributed by atoms with Crippen LogP contribution in [0.3, 0.4) is 0 Å². The Hall–Kier alpha value is -0.630. The van der Waals surface area contributed by atoms with Gasteiger partial charge in [0.2, 0.25) is 0 Å². The van der Waals surface area contributed by atoms with Gasteiger partial charge in [-0.15, -0.1) is 0 Å². The summed E-state index contributed by atoms with van der Waals surface area (Å²) in [6.07, 6.45) is 0. The Morgan fingerprint density at radius 3 is 1.93 bits per heavy atom. The summed E-state index contributed by atoms with van der Waals surface area (Å²) in [5.41, 5.74) is -0.509. The van der Waals surface area contributed by atoms with Crippen LogP contribution in [0.2, 0.25) is 0 Å². The summed E-state index contributed by atoms with van der Waals surface area (Å²) in [6, 6.07) is 8.94. The lowest BCUT2D eigenvalue weighted by molar-refractivity contribution is 0.298.